The number of nitrogens with zero attached hydrogens (tertiary/aromatic N) is 2. The Balaban J connectivity index is 4.16. The van der Waals surface area contributed by atoms with Crippen LogP contribution in [0.4, 0.5) is 0 Å². The van der Waals surface area contributed by atoms with Crippen molar-refractivity contribution >= 4 is 11.9 Å². The molecule has 0 aliphatic carbocycles. The summed E-state index contributed by atoms with van der Waals surface area (Å²) in [5.74, 6) is -0.827. The fourth-order valence-electron chi connectivity index (χ4n) is 1.50. The van der Waals surface area contributed by atoms with Crippen LogP contribution in [0, 0.1) is 0 Å². The normalized spacial score (nSPS) is 10.4. The minimum absolute atomic E-state index is 0.0238. The van der Waals surface area contributed by atoms with Gasteiger partial charge in [-0.25, -0.2) is 0 Å². The highest BCUT2D eigenvalue weighted by Crippen LogP contribution is 1.98. The topological polar surface area (TPSA) is 60.9 Å². The molecule has 0 fully saturated rings. The van der Waals surface area contributed by atoms with E-state index in [1.165, 1.54) is 0 Å². The van der Waals surface area contributed by atoms with Gasteiger partial charge in [-0.1, -0.05) is 19.4 Å². The Morgan fingerprint density at radius 1 is 1.33 bits per heavy atom. The SMILES string of the molecule is C=CCN(CCC(=O)O)CC(=O)N(C)CCCC. The third kappa shape index (κ3) is 7.84. The van der Waals surface area contributed by atoms with Gasteiger partial charge in [0.1, 0.15) is 0 Å². The maximum atomic E-state index is 11.9. The molecule has 104 valence electrons. The molecule has 0 aromatic carbocycles. The fraction of sp³-hybridized carbons (Fsp3) is 0.692. The molecule has 0 spiro atoms. The van der Waals surface area contributed by atoms with Crippen LogP contribution >= 0.6 is 0 Å². The highest BCUT2D eigenvalue weighted by Gasteiger charge is 2.14. The quantitative estimate of drug-likeness (QED) is 0.597. The average molecular weight is 256 g/mol. The van der Waals surface area contributed by atoms with Crippen molar-refractivity contribution in [2.45, 2.75) is 26.2 Å². The Labute approximate surface area is 109 Å². The maximum absolute atomic E-state index is 11.9. The Hall–Kier alpha value is -1.36. The zero-order chi connectivity index (χ0) is 14.0. The van der Waals surface area contributed by atoms with E-state index in [2.05, 4.69) is 13.5 Å². The molecule has 18 heavy (non-hydrogen) atoms. The zero-order valence-corrected chi connectivity index (χ0v) is 11.4. The monoisotopic (exact) mass is 256 g/mol. The van der Waals surface area contributed by atoms with E-state index in [0.717, 1.165) is 19.4 Å². The average Bonchev–Trinajstić information content (AvgIpc) is 2.33. The highest BCUT2D eigenvalue weighted by molar-refractivity contribution is 5.78. The summed E-state index contributed by atoms with van der Waals surface area (Å²) in [5.41, 5.74) is 0. The van der Waals surface area contributed by atoms with Gasteiger partial charge in [-0.3, -0.25) is 14.5 Å². The minimum atomic E-state index is -0.851. The first-order valence-corrected chi connectivity index (χ1v) is 6.30. The van der Waals surface area contributed by atoms with Gasteiger partial charge in [0.25, 0.3) is 0 Å². The predicted molar refractivity (Wildman–Crippen MR) is 71.4 cm³/mol. The van der Waals surface area contributed by atoms with Gasteiger partial charge in [0.15, 0.2) is 0 Å². The zero-order valence-electron chi connectivity index (χ0n) is 11.4. The van der Waals surface area contributed by atoms with E-state index in [9.17, 15) is 9.59 Å². The number of carbonyl (C=O) groups is 2. The molecule has 1 amide bonds. The number of likely N-dealkylation sites (N-methyl/N-ethyl adjacent to an activating group) is 1. The Morgan fingerprint density at radius 3 is 2.50 bits per heavy atom. The Morgan fingerprint density at radius 2 is 2.00 bits per heavy atom. The summed E-state index contributed by atoms with van der Waals surface area (Å²) >= 11 is 0. The van der Waals surface area contributed by atoms with Crippen molar-refractivity contribution in [3.05, 3.63) is 12.7 Å². The standard InChI is InChI=1S/C13H24N2O3/c1-4-6-9-14(3)12(16)11-15(8-5-2)10-7-13(17)18/h5H,2,4,6-11H2,1,3H3,(H,17,18). The van der Waals surface area contributed by atoms with Gasteiger partial charge < -0.3 is 10.0 Å². The first kappa shape index (κ1) is 16.6. The van der Waals surface area contributed by atoms with Crippen LogP contribution in [0.1, 0.15) is 26.2 Å². The van der Waals surface area contributed by atoms with Gasteiger partial charge in [0.2, 0.25) is 5.91 Å². The molecule has 0 rings (SSSR count). The molecule has 0 unspecified atom stereocenters. The van der Waals surface area contributed by atoms with Gasteiger partial charge in [-0.2, -0.15) is 0 Å². The molecule has 5 nitrogen and oxygen atoms in total. The molecule has 0 heterocycles. The van der Waals surface area contributed by atoms with E-state index in [1.54, 1.807) is 22.9 Å². The van der Waals surface area contributed by atoms with Crippen molar-refractivity contribution in [3.8, 4) is 0 Å². The van der Waals surface area contributed by atoms with Gasteiger partial charge in [-0.05, 0) is 6.42 Å². The molecule has 0 atom stereocenters. The molecular formula is C13H24N2O3. The van der Waals surface area contributed by atoms with Crippen molar-refractivity contribution in [1.29, 1.82) is 0 Å². The van der Waals surface area contributed by atoms with E-state index in [4.69, 9.17) is 5.11 Å². The fourth-order valence-corrected chi connectivity index (χ4v) is 1.50. The van der Waals surface area contributed by atoms with Gasteiger partial charge in [-0.15, -0.1) is 6.58 Å². The second-order valence-corrected chi connectivity index (χ2v) is 4.34. The molecule has 0 aliphatic heterocycles. The number of hydrogen-bond acceptors (Lipinski definition) is 3. The molecule has 0 aromatic heterocycles. The minimum Gasteiger partial charge on any atom is -0.481 e. The highest BCUT2D eigenvalue weighted by atomic mass is 16.4. The summed E-state index contributed by atoms with van der Waals surface area (Å²) in [6.45, 7) is 7.59. The third-order valence-electron chi connectivity index (χ3n) is 2.66. The molecule has 0 saturated carbocycles. The first-order chi connectivity index (χ1) is 8.51. The maximum Gasteiger partial charge on any atom is 0.304 e. The van der Waals surface area contributed by atoms with E-state index in [0.29, 0.717) is 13.1 Å². The van der Waals surface area contributed by atoms with Crippen molar-refractivity contribution in [2.75, 3.05) is 33.2 Å². The largest absolute Gasteiger partial charge is 0.481 e. The number of rotatable bonds is 10. The summed E-state index contributed by atoms with van der Waals surface area (Å²) in [6, 6.07) is 0. The van der Waals surface area contributed by atoms with Crippen LogP contribution in [0.15, 0.2) is 12.7 Å². The van der Waals surface area contributed by atoms with E-state index in [-0.39, 0.29) is 18.9 Å². The Kier molecular flexibility index (Phi) is 8.92. The molecule has 0 aliphatic rings. The van der Waals surface area contributed by atoms with Crippen molar-refractivity contribution in [2.24, 2.45) is 0 Å². The van der Waals surface area contributed by atoms with Gasteiger partial charge in [0, 0.05) is 26.7 Å². The summed E-state index contributed by atoms with van der Waals surface area (Å²) in [5, 5.41) is 8.64. The Bertz CT molecular complexity index is 279. The number of aliphatic carboxylic acids is 1. The van der Waals surface area contributed by atoms with Crippen molar-refractivity contribution in [1.82, 2.24) is 9.80 Å². The van der Waals surface area contributed by atoms with E-state index < -0.39 is 5.97 Å². The van der Waals surface area contributed by atoms with Crippen LogP contribution in [0.5, 0.6) is 0 Å². The molecule has 0 radical (unpaired) electrons. The summed E-state index contributed by atoms with van der Waals surface area (Å²) in [6.07, 6.45) is 3.76. The lowest BCUT2D eigenvalue weighted by Crippen LogP contribution is -2.39. The number of hydrogen-bond donors (Lipinski definition) is 1. The molecular weight excluding hydrogens is 232 g/mol. The van der Waals surface area contributed by atoms with Crippen LogP contribution in [-0.2, 0) is 9.59 Å². The van der Waals surface area contributed by atoms with Crippen LogP contribution in [-0.4, -0.2) is 60.0 Å². The summed E-state index contributed by atoms with van der Waals surface area (Å²) in [4.78, 5) is 25.9. The number of amides is 1. The lowest BCUT2D eigenvalue weighted by Gasteiger charge is -2.23. The van der Waals surface area contributed by atoms with E-state index in [1.807, 2.05) is 0 Å². The number of carbonyl (C=O) groups excluding carboxylic acids is 1. The molecule has 5 heteroatoms. The smallest absolute Gasteiger partial charge is 0.304 e. The second kappa shape index (κ2) is 9.65. The first-order valence-electron chi connectivity index (χ1n) is 6.30. The lowest BCUT2D eigenvalue weighted by molar-refractivity contribution is -0.138. The molecule has 0 bridgehead atoms. The molecule has 0 saturated heterocycles. The summed E-state index contributed by atoms with van der Waals surface area (Å²) in [7, 11) is 1.78. The number of carboxylic acids is 1. The number of unbranched alkanes of at least 4 members (excludes halogenated alkanes) is 1. The third-order valence-corrected chi connectivity index (χ3v) is 2.66. The van der Waals surface area contributed by atoms with Crippen molar-refractivity contribution < 1.29 is 14.7 Å². The number of carboxylic acid groups (broad SMARTS) is 1. The second-order valence-electron chi connectivity index (χ2n) is 4.34. The summed E-state index contributed by atoms with van der Waals surface area (Å²) < 4.78 is 0. The van der Waals surface area contributed by atoms with Crippen LogP contribution in [0.3, 0.4) is 0 Å². The van der Waals surface area contributed by atoms with Gasteiger partial charge >= 0.3 is 5.97 Å². The van der Waals surface area contributed by atoms with Crippen molar-refractivity contribution in [3.63, 3.8) is 0 Å². The lowest BCUT2D eigenvalue weighted by atomic mass is 10.3. The van der Waals surface area contributed by atoms with Crippen LogP contribution in [0.2, 0.25) is 0 Å². The molecule has 1 N–H and O–H groups in total. The van der Waals surface area contributed by atoms with Crippen LogP contribution < -0.4 is 0 Å². The molecule has 0 aromatic rings. The van der Waals surface area contributed by atoms with E-state index >= 15 is 0 Å². The van der Waals surface area contributed by atoms with Gasteiger partial charge in [0.05, 0.1) is 13.0 Å². The van der Waals surface area contributed by atoms with Crippen LogP contribution in [0.25, 0.3) is 0 Å². The predicted octanol–water partition coefficient (Wildman–Crippen LogP) is 1.21.